The molecule has 0 saturated carbocycles. The number of nitrogens with zero attached hydrogens (tertiary/aromatic N) is 5. The smallest absolute Gasteiger partial charge is 0.280 e. The molecule has 0 atom stereocenters. The summed E-state index contributed by atoms with van der Waals surface area (Å²) >= 11 is 0. The Bertz CT molecular complexity index is 1100. The molecule has 0 saturated heterocycles. The van der Waals surface area contributed by atoms with E-state index in [2.05, 4.69) is 20.5 Å². The van der Waals surface area contributed by atoms with Gasteiger partial charge in [-0.05, 0) is 57.2 Å². The van der Waals surface area contributed by atoms with Crippen molar-refractivity contribution in [3.8, 4) is 40.2 Å². The van der Waals surface area contributed by atoms with Gasteiger partial charge in [0, 0.05) is 0 Å². The van der Waals surface area contributed by atoms with Crippen LogP contribution in [0.3, 0.4) is 0 Å². The molecule has 4 aromatic rings. The second-order valence-electron chi connectivity index (χ2n) is 6.21. The van der Waals surface area contributed by atoms with Crippen molar-refractivity contribution in [1.29, 1.82) is 0 Å². The Balaban J connectivity index is 1.64. The van der Waals surface area contributed by atoms with Crippen molar-refractivity contribution in [3.05, 3.63) is 54.2 Å². The average molecular weight is 391 g/mol. The van der Waals surface area contributed by atoms with E-state index in [1.54, 1.807) is 4.68 Å². The predicted octanol–water partition coefficient (Wildman–Crippen LogP) is 4.09. The minimum Gasteiger partial charge on any atom is -0.494 e. The van der Waals surface area contributed by atoms with Crippen LogP contribution < -0.4 is 9.47 Å². The zero-order chi connectivity index (χ0) is 20.2. The van der Waals surface area contributed by atoms with Gasteiger partial charge in [-0.2, -0.15) is 4.98 Å². The number of benzene rings is 2. The van der Waals surface area contributed by atoms with Gasteiger partial charge < -0.3 is 14.0 Å². The van der Waals surface area contributed by atoms with E-state index >= 15 is 0 Å². The Hall–Kier alpha value is -3.68. The summed E-state index contributed by atoms with van der Waals surface area (Å²) in [5.41, 5.74) is 2.96. The molecule has 8 nitrogen and oxygen atoms in total. The molecule has 29 heavy (non-hydrogen) atoms. The molecule has 8 heteroatoms. The van der Waals surface area contributed by atoms with E-state index in [9.17, 15) is 0 Å². The van der Waals surface area contributed by atoms with Gasteiger partial charge in [0.1, 0.15) is 11.5 Å². The molecule has 0 aliphatic carbocycles. The van der Waals surface area contributed by atoms with Crippen LogP contribution in [-0.2, 0) is 0 Å². The lowest BCUT2D eigenvalue weighted by Crippen LogP contribution is -1.99. The molecule has 0 unspecified atom stereocenters. The van der Waals surface area contributed by atoms with Crippen molar-refractivity contribution in [2.45, 2.75) is 20.8 Å². The zero-order valence-corrected chi connectivity index (χ0v) is 16.5. The van der Waals surface area contributed by atoms with Crippen LogP contribution in [0.5, 0.6) is 11.5 Å². The lowest BCUT2D eigenvalue weighted by atomic mass is 10.2. The van der Waals surface area contributed by atoms with E-state index < -0.39 is 0 Å². The molecular weight excluding hydrogens is 370 g/mol. The molecule has 0 radical (unpaired) electrons. The largest absolute Gasteiger partial charge is 0.494 e. The summed E-state index contributed by atoms with van der Waals surface area (Å²) in [6, 6.07) is 15.2. The molecule has 0 fully saturated rings. The number of ether oxygens (including phenoxy) is 2. The van der Waals surface area contributed by atoms with Gasteiger partial charge in [-0.25, -0.2) is 4.68 Å². The van der Waals surface area contributed by atoms with Crippen LogP contribution in [0.2, 0.25) is 0 Å². The minimum absolute atomic E-state index is 0.306. The molecular formula is C21H21N5O3. The SMILES string of the molecule is CCOc1ccc(-n2nnc(-c3nc(-c4ccccc4OCC)no3)c2C)cc1. The van der Waals surface area contributed by atoms with Crippen molar-refractivity contribution in [2.75, 3.05) is 13.2 Å². The van der Waals surface area contributed by atoms with Crippen molar-refractivity contribution in [1.82, 2.24) is 25.1 Å². The van der Waals surface area contributed by atoms with Crippen molar-refractivity contribution in [2.24, 2.45) is 0 Å². The van der Waals surface area contributed by atoms with Crippen LogP contribution in [0.25, 0.3) is 28.7 Å². The van der Waals surface area contributed by atoms with Gasteiger partial charge >= 0.3 is 0 Å². The van der Waals surface area contributed by atoms with Crippen molar-refractivity contribution < 1.29 is 14.0 Å². The molecule has 0 aliphatic heterocycles. The van der Waals surface area contributed by atoms with E-state index in [0.717, 1.165) is 22.7 Å². The molecule has 0 bridgehead atoms. The van der Waals surface area contributed by atoms with Gasteiger partial charge in [0.2, 0.25) is 5.82 Å². The highest BCUT2D eigenvalue weighted by atomic mass is 16.5. The molecule has 4 rings (SSSR count). The summed E-state index contributed by atoms with van der Waals surface area (Å²) in [6.07, 6.45) is 0. The fourth-order valence-electron chi connectivity index (χ4n) is 2.98. The molecule has 0 spiro atoms. The summed E-state index contributed by atoms with van der Waals surface area (Å²) in [4.78, 5) is 4.51. The normalized spacial score (nSPS) is 10.9. The lowest BCUT2D eigenvalue weighted by Gasteiger charge is -2.06. The van der Waals surface area contributed by atoms with Gasteiger partial charge in [0.05, 0.1) is 30.2 Å². The molecule has 2 heterocycles. The number of hydrogen-bond acceptors (Lipinski definition) is 7. The Morgan fingerprint density at radius 2 is 1.72 bits per heavy atom. The quantitative estimate of drug-likeness (QED) is 0.469. The predicted molar refractivity (Wildman–Crippen MR) is 107 cm³/mol. The number of rotatable bonds is 7. The third kappa shape index (κ3) is 3.69. The van der Waals surface area contributed by atoms with Crippen LogP contribution in [0.15, 0.2) is 53.1 Å². The Morgan fingerprint density at radius 1 is 0.966 bits per heavy atom. The molecule has 0 N–H and O–H groups in total. The van der Waals surface area contributed by atoms with E-state index in [1.807, 2.05) is 69.3 Å². The second kappa shape index (κ2) is 8.14. The lowest BCUT2D eigenvalue weighted by molar-refractivity contribution is 0.340. The number of para-hydroxylation sites is 1. The highest BCUT2D eigenvalue weighted by Crippen LogP contribution is 2.30. The maximum Gasteiger partial charge on any atom is 0.280 e. The second-order valence-corrected chi connectivity index (χ2v) is 6.21. The van der Waals surface area contributed by atoms with E-state index in [-0.39, 0.29) is 0 Å². The van der Waals surface area contributed by atoms with Crippen LogP contribution in [0, 0.1) is 6.92 Å². The monoisotopic (exact) mass is 391 g/mol. The van der Waals surface area contributed by atoms with Gasteiger partial charge in [-0.3, -0.25) is 0 Å². The molecule has 2 aromatic heterocycles. The summed E-state index contributed by atoms with van der Waals surface area (Å²) in [5, 5.41) is 12.6. The first-order chi connectivity index (χ1) is 14.2. The Kier molecular flexibility index (Phi) is 5.24. The highest BCUT2D eigenvalue weighted by molar-refractivity contribution is 5.65. The molecule has 148 valence electrons. The first-order valence-electron chi connectivity index (χ1n) is 9.43. The van der Waals surface area contributed by atoms with Gasteiger partial charge in [-0.15, -0.1) is 5.10 Å². The first-order valence-corrected chi connectivity index (χ1v) is 9.43. The van der Waals surface area contributed by atoms with E-state index in [1.165, 1.54) is 0 Å². The van der Waals surface area contributed by atoms with Crippen LogP contribution in [0.4, 0.5) is 0 Å². The van der Waals surface area contributed by atoms with E-state index in [4.69, 9.17) is 14.0 Å². The maximum atomic E-state index is 5.66. The summed E-state index contributed by atoms with van der Waals surface area (Å²) < 4.78 is 18.3. The summed E-state index contributed by atoms with van der Waals surface area (Å²) in [5.74, 6) is 2.26. The summed E-state index contributed by atoms with van der Waals surface area (Å²) in [7, 11) is 0. The minimum atomic E-state index is 0.306. The van der Waals surface area contributed by atoms with Gasteiger partial charge in [0.15, 0.2) is 5.69 Å². The van der Waals surface area contributed by atoms with Crippen LogP contribution >= 0.6 is 0 Å². The Morgan fingerprint density at radius 3 is 2.48 bits per heavy atom. The van der Waals surface area contributed by atoms with Crippen LogP contribution in [-0.4, -0.2) is 38.3 Å². The fourth-order valence-corrected chi connectivity index (χ4v) is 2.98. The number of hydrogen-bond donors (Lipinski definition) is 0. The molecule has 0 amide bonds. The zero-order valence-electron chi connectivity index (χ0n) is 16.5. The Labute approximate surface area is 168 Å². The third-order valence-electron chi connectivity index (χ3n) is 4.34. The van der Waals surface area contributed by atoms with Gasteiger partial charge in [0.25, 0.3) is 5.89 Å². The summed E-state index contributed by atoms with van der Waals surface area (Å²) in [6.45, 7) is 6.97. The average Bonchev–Trinajstić information content (AvgIpc) is 3.36. The van der Waals surface area contributed by atoms with Crippen molar-refractivity contribution in [3.63, 3.8) is 0 Å². The van der Waals surface area contributed by atoms with E-state index in [0.29, 0.717) is 36.4 Å². The highest BCUT2D eigenvalue weighted by Gasteiger charge is 2.20. The van der Waals surface area contributed by atoms with Crippen molar-refractivity contribution >= 4 is 0 Å². The maximum absolute atomic E-state index is 5.66. The first kappa shape index (κ1) is 18.7. The van der Waals surface area contributed by atoms with Crippen LogP contribution in [0.1, 0.15) is 19.5 Å². The molecule has 2 aromatic carbocycles. The topological polar surface area (TPSA) is 88.1 Å². The fraction of sp³-hybridized carbons (Fsp3) is 0.238. The molecule has 0 aliphatic rings. The third-order valence-corrected chi connectivity index (χ3v) is 4.34. The standard InChI is InChI=1S/C21H21N5O3/c1-4-27-16-12-10-15(11-13-16)26-14(3)19(23-25-26)21-22-20(24-29-21)17-8-6-7-9-18(17)28-5-2/h6-13H,4-5H2,1-3H3. The van der Waals surface area contributed by atoms with Gasteiger partial charge in [-0.1, -0.05) is 22.5 Å². The number of aromatic nitrogens is 5.